The van der Waals surface area contributed by atoms with Crippen LogP contribution in [0.5, 0.6) is 5.88 Å². The van der Waals surface area contributed by atoms with Crippen molar-refractivity contribution in [1.29, 1.82) is 0 Å². The third-order valence-electron chi connectivity index (χ3n) is 19.7. The van der Waals surface area contributed by atoms with Crippen molar-refractivity contribution in [2.24, 2.45) is 56.7 Å². The molecule has 0 saturated heterocycles. The van der Waals surface area contributed by atoms with Crippen molar-refractivity contribution in [3.05, 3.63) is 59.8 Å². The van der Waals surface area contributed by atoms with E-state index in [1.54, 1.807) is 12.3 Å². The molecule has 5 saturated carbocycles. The van der Waals surface area contributed by atoms with Gasteiger partial charge in [0.2, 0.25) is 5.88 Å². The molecule has 0 bridgehead atoms. The van der Waals surface area contributed by atoms with Crippen molar-refractivity contribution < 1.29 is 28.2 Å². The van der Waals surface area contributed by atoms with E-state index >= 15 is 0 Å². The van der Waals surface area contributed by atoms with Gasteiger partial charge in [-0.1, -0.05) is 65.0 Å². The molecule has 10 atom stereocenters. The summed E-state index contributed by atoms with van der Waals surface area (Å²) in [6, 6.07) is 5.48. The highest BCUT2D eigenvalue weighted by Gasteiger charge is 2.70. The minimum Gasteiger partial charge on any atom is -0.481 e. The second kappa shape index (κ2) is 15.3. The first-order valence-electron chi connectivity index (χ1n) is 23.6. The number of aliphatic carboxylic acids is 1. The second-order valence-corrected chi connectivity index (χ2v) is 25.1. The number of aromatic nitrogens is 1. The maximum Gasteiger partial charge on any atom is 0.313 e. The summed E-state index contributed by atoms with van der Waals surface area (Å²) in [6.45, 7) is 20.8. The molecule has 0 spiro atoms. The van der Waals surface area contributed by atoms with Crippen LogP contribution in [0.1, 0.15) is 151 Å². The molecule has 8 nitrogen and oxygen atoms in total. The summed E-state index contributed by atoms with van der Waals surface area (Å²) in [7, 11) is -3.07. The number of pyridine rings is 1. The molecule has 1 aromatic heterocycles. The Morgan fingerprint density at radius 2 is 1.65 bits per heavy atom. The summed E-state index contributed by atoms with van der Waals surface area (Å²) in [5.41, 5.74) is 3.07. The number of fused-ring (bicyclic) bond motifs is 7. The van der Waals surface area contributed by atoms with Crippen LogP contribution in [-0.2, 0) is 14.6 Å². The van der Waals surface area contributed by atoms with Crippen LogP contribution < -0.4 is 10.1 Å². The Balaban J connectivity index is 0.999. The number of allylic oxidation sites excluding steroid dienone is 5. The predicted molar refractivity (Wildman–Crippen MR) is 239 cm³/mol. The molecular formula is C51H76N2O6S. The van der Waals surface area contributed by atoms with Gasteiger partial charge in [-0.3, -0.25) is 4.79 Å². The van der Waals surface area contributed by atoms with Crippen LogP contribution in [0.3, 0.4) is 0 Å². The Hall–Kier alpha value is -2.49. The van der Waals surface area contributed by atoms with Gasteiger partial charge < -0.3 is 20.3 Å². The zero-order valence-electron chi connectivity index (χ0n) is 38.0. The zero-order valence-corrected chi connectivity index (χ0v) is 38.8. The van der Waals surface area contributed by atoms with E-state index in [1.807, 2.05) is 12.1 Å². The van der Waals surface area contributed by atoms with Crippen LogP contribution in [0.25, 0.3) is 0 Å². The van der Waals surface area contributed by atoms with Crippen LogP contribution in [0.15, 0.2) is 59.8 Å². The summed E-state index contributed by atoms with van der Waals surface area (Å²) < 4.78 is 30.4. The first kappa shape index (κ1) is 44.1. The lowest BCUT2D eigenvalue weighted by Gasteiger charge is -2.72. The van der Waals surface area contributed by atoms with Gasteiger partial charge in [0.15, 0.2) is 0 Å². The molecule has 8 rings (SSSR count). The number of carboxylic acid groups (broad SMARTS) is 1. The maximum atomic E-state index is 12.7. The molecule has 0 aliphatic heterocycles. The average molecular weight is 845 g/mol. The molecule has 0 amide bonds. The fourth-order valence-electron chi connectivity index (χ4n) is 16.1. The van der Waals surface area contributed by atoms with E-state index in [2.05, 4.69) is 70.6 Å². The summed E-state index contributed by atoms with van der Waals surface area (Å²) in [5.74, 6) is 2.52. The van der Waals surface area contributed by atoms with Crippen LogP contribution in [0.2, 0.25) is 0 Å². The molecule has 3 N–H and O–H groups in total. The van der Waals surface area contributed by atoms with Gasteiger partial charge in [0.25, 0.3) is 0 Å². The number of carbonyl (C=O) groups is 1. The average Bonchev–Trinajstić information content (AvgIpc) is 3.58. The first-order chi connectivity index (χ1) is 28.1. The van der Waals surface area contributed by atoms with Crippen LogP contribution in [0, 0.1) is 56.7 Å². The molecule has 5 fully saturated rings. The normalized spacial score (nSPS) is 43.6. The van der Waals surface area contributed by atoms with Gasteiger partial charge >= 0.3 is 5.97 Å². The van der Waals surface area contributed by atoms with Gasteiger partial charge in [0, 0.05) is 24.1 Å². The molecule has 0 aromatic carbocycles. The number of carboxylic acids is 1. The predicted octanol–water partition coefficient (Wildman–Crippen LogP) is 10.3. The minimum absolute atomic E-state index is 0.0121. The third-order valence-corrected chi connectivity index (χ3v) is 21.4. The number of aliphatic hydroxyl groups is 1. The zero-order chi connectivity index (χ0) is 43.1. The van der Waals surface area contributed by atoms with E-state index in [0.717, 1.165) is 19.4 Å². The Morgan fingerprint density at radius 3 is 2.28 bits per heavy atom. The number of nitrogens with one attached hydrogen (secondary N) is 1. The monoisotopic (exact) mass is 845 g/mol. The largest absolute Gasteiger partial charge is 0.481 e. The Kier molecular flexibility index (Phi) is 11.3. The SMILES string of the molecule is C=C(C)[C@@H]1CC[C@]2(NCC[C@]3(O)CC[C@H](S(C)(=O)=O)CC3)CC[C@]3(C)[C@H](CC[C@@H]4[C@@]5(C)CC=C(C6=CCC(COc7ccccn7)(C(=O)O)CC6)C(C)(C)[C@@H]5CC[C@]43C)[C@@H]12. The molecule has 1 heterocycles. The molecule has 60 heavy (non-hydrogen) atoms. The van der Waals surface area contributed by atoms with Crippen molar-refractivity contribution in [2.45, 2.75) is 167 Å². The van der Waals surface area contributed by atoms with Crippen molar-refractivity contribution in [1.82, 2.24) is 10.3 Å². The topological polar surface area (TPSA) is 126 Å². The fourth-order valence-corrected chi connectivity index (χ4v) is 17.2. The van der Waals surface area contributed by atoms with Crippen LogP contribution in [-0.4, -0.2) is 65.4 Å². The molecule has 332 valence electrons. The van der Waals surface area contributed by atoms with Crippen LogP contribution in [0.4, 0.5) is 0 Å². The summed E-state index contributed by atoms with van der Waals surface area (Å²) in [6.07, 6.45) is 23.4. The van der Waals surface area contributed by atoms with Gasteiger partial charge in [-0.05, 0) is 191 Å². The number of rotatable bonds is 11. The van der Waals surface area contributed by atoms with Gasteiger partial charge in [-0.2, -0.15) is 0 Å². The summed E-state index contributed by atoms with van der Waals surface area (Å²) in [4.78, 5) is 17.0. The lowest BCUT2D eigenvalue weighted by Crippen LogP contribution is -2.68. The number of hydrogen-bond donors (Lipinski definition) is 3. The van der Waals surface area contributed by atoms with E-state index in [0.29, 0.717) is 80.4 Å². The third kappa shape index (κ3) is 7.09. The fraction of sp³-hybridized carbons (Fsp3) is 0.765. The molecule has 7 aliphatic rings. The highest BCUT2D eigenvalue weighted by Crippen LogP contribution is 2.76. The Morgan fingerprint density at radius 1 is 0.900 bits per heavy atom. The summed E-state index contributed by atoms with van der Waals surface area (Å²) in [5, 5.41) is 25.9. The molecule has 7 aliphatic carbocycles. The molecule has 0 radical (unpaired) electrons. The van der Waals surface area contributed by atoms with E-state index in [-0.39, 0.29) is 39.1 Å². The molecular weight excluding hydrogens is 769 g/mol. The highest BCUT2D eigenvalue weighted by atomic mass is 32.2. The van der Waals surface area contributed by atoms with E-state index in [4.69, 9.17) is 4.74 Å². The minimum atomic E-state index is -3.07. The maximum absolute atomic E-state index is 12.7. The van der Waals surface area contributed by atoms with Crippen molar-refractivity contribution >= 4 is 15.8 Å². The van der Waals surface area contributed by atoms with Gasteiger partial charge in [0.05, 0.1) is 10.9 Å². The van der Waals surface area contributed by atoms with Gasteiger partial charge in [-0.15, -0.1) is 0 Å². The van der Waals surface area contributed by atoms with E-state index in [9.17, 15) is 23.4 Å². The number of nitrogens with zero attached hydrogens (tertiary/aromatic N) is 1. The van der Waals surface area contributed by atoms with Gasteiger partial charge in [0.1, 0.15) is 21.9 Å². The lowest BCUT2D eigenvalue weighted by molar-refractivity contribution is -0.221. The van der Waals surface area contributed by atoms with Crippen molar-refractivity contribution in [2.75, 3.05) is 19.4 Å². The second-order valence-electron chi connectivity index (χ2n) is 22.8. The molecule has 1 aromatic rings. The molecule has 1 unspecified atom stereocenters. The van der Waals surface area contributed by atoms with Gasteiger partial charge in [-0.25, -0.2) is 13.4 Å². The van der Waals surface area contributed by atoms with Crippen molar-refractivity contribution in [3.63, 3.8) is 0 Å². The van der Waals surface area contributed by atoms with E-state index in [1.165, 1.54) is 74.3 Å². The standard InChI is InChI=1S/C51H76N2O6S/c1-34(2)37-18-27-51(53-32-30-50(56)25-16-36(17-26-50)60(8,57)58)29-28-47(6)39(43(37)51)12-13-41-46(5)21-19-38(45(3,4)40(46)20-22-48(41,47)7)35-14-23-49(24-15-35,44(54)55)33-59-42-11-9-10-31-52-42/h9-11,14,19,31,36-37,39-41,43,53,56H,1,12-13,15-18,20-30,32-33H2,2-8H3,(H,54,55)/t36-,37-,39+,40-,41+,43+,46-,47+,48+,49?,50-,51-/m0/s1. The summed E-state index contributed by atoms with van der Waals surface area (Å²) >= 11 is 0. The number of sulfone groups is 1. The number of hydrogen-bond acceptors (Lipinski definition) is 7. The smallest absolute Gasteiger partial charge is 0.313 e. The first-order valence-corrected chi connectivity index (χ1v) is 25.6. The van der Waals surface area contributed by atoms with Crippen LogP contribution >= 0.6 is 0 Å². The Bertz CT molecular complexity index is 2000. The number of ether oxygens (including phenoxy) is 1. The van der Waals surface area contributed by atoms with E-state index < -0.39 is 26.8 Å². The Labute approximate surface area is 361 Å². The lowest BCUT2D eigenvalue weighted by atomic mass is 9.33. The molecule has 9 heteroatoms. The quantitative estimate of drug-likeness (QED) is 0.188. The highest BCUT2D eigenvalue weighted by molar-refractivity contribution is 7.91. The van der Waals surface area contributed by atoms with Crippen molar-refractivity contribution in [3.8, 4) is 5.88 Å².